The predicted octanol–water partition coefficient (Wildman–Crippen LogP) is 5.29. The molecule has 0 bridgehead atoms. The lowest BCUT2D eigenvalue weighted by Gasteiger charge is -2.40. The smallest absolute Gasteiger partial charge is 0.348 e. The number of ketones is 1. The molecule has 0 saturated heterocycles. The number of fused-ring (bicyclic) bond motifs is 5. The number of hydrogen-bond donors (Lipinski definition) is 1. The lowest BCUT2D eigenvalue weighted by molar-refractivity contribution is -0.186. The van der Waals surface area contributed by atoms with Crippen molar-refractivity contribution < 1.29 is 18.0 Å². The molecule has 28 heavy (non-hydrogen) atoms. The second-order valence-corrected chi connectivity index (χ2v) is 7.37. The number of imidazole rings is 1. The molecule has 4 nitrogen and oxygen atoms in total. The Bertz CT molecular complexity index is 1210. The van der Waals surface area contributed by atoms with Crippen LogP contribution in [0.3, 0.4) is 0 Å². The van der Waals surface area contributed by atoms with Crippen molar-refractivity contribution >= 4 is 33.8 Å². The number of carbonyl (C=O) groups is 1. The van der Waals surface area contributed by atoms with Gasteiger partial charge in [-0.2, -0.15) is 13.2 Å². The highest BCUT2D eigenvalue weighted by atomic mass is 32.1. The molecule has 140 valence electrons. The molecule has 1 aliphatic heterocycles. The number of para-hydroxylation sites is 3. The second kappa shape index (κ2) is 5.68. The number of aromatic nitrogens is 2. The zero-order valence-corrected chi connectivity index (χ0v) is 15.0. The van der Waals surface area contributed by atoms with Gasteiger partial charge in [-0.3, -0.25) is 9.36 Å². The van der Waals surface area contributed by atoms with Crippen LogP contribution in [0.5, 0.6) is 0 Å². The summed E-state index contributed by atoms with van der Waals surface area (Å²) in [6.45, 7) is 0. The van der Waals surface area contributed by atoms with E-state index in [-0.39, 0.29) is 22.6 Å². The molecule has 1 N–H and O–H groups in total. The first-order valence-corrected chi connectivity index (χ1v) is 9.32. The zero-order valence-electron chi connectivity index (χ0n) is 14.2. The van der Waals surface area contributed by atoms with Crippen LogP contribution in [0.4, 0.5) is 18.9 Å². The number of nitrogens with zero attached hydrogens (tertiary/aromatic N) is 2. The van der Waals surface area contributed by atoms with E-state index in [9.17, 15) is 18.0 Å². The van der Waals surface area contributed by atoms with Gasteiger partial charge in [0.25, 0.3) is 5.66 Å². The summed E-state index contributed by atoms with van der Waals surface area (Å²) >= 11 is 1.21. The molecule has 3 heterocycles. The normalized spacial score (nSPS) is 18.8. The maximum atomic E-state index is 14.7. The molecular weight excluding hydrogens is 387 g/mol. The number of carbonyl (C=O) groups excluding carboxylic acids is 1. The number of alkyl halides is 3. The summed E-state index contributed by atoms with van der Waals surface area (Å²) < 4.78 is 45.1. The van der Waals surface area contributed by atoms with Gasteiger partial charge in [-0.05, 0) is 35.7 Å². The fourth-order valence-electron chi connectivity index (χ4n) is 3.64. The highest BCUT2D eigenvalue weighted by molar-refractivity contribution is 7.14. The Kier molecular flexibility index (Phi) is 3.45. The topological polar surface area (TPSA) is 46.9 Å². The lowest BCUT2D eigenvalue weighted by Crippen LogP contribution is -2.61. The summed E-state index contributed by atoms with van der Waals surface area (Å²) in [5, 5.41) is 4.11. The summed E-state index contributed by atoms with van der Waals surface area (Å²) in [6.07, 6.45) is -4.92. The number of halogens is 3. The van der Waals surface area contributed by atoms with E-state index in [4.69, 9.17) is 0 Å². The van der Waals surface area contributed by atoms with Crippen LogP contribution in [0.15, 0.2) is 66.0 Å². The minimum atomic E-state index is -4.92. The van der Waals surface area contributed by atoms with Gasteiger partial charge in [0.2, 0.25) is 5.78 Å². The molecule has 0 radical (unpaired) electrons. The van der Waals surface area contributed by atoms with Gasteiger partial charge in [-0.15, -0.1) is 11.3 Å². The maximum Gasteiger partial charge on any atom is 0.438 e. The van der Waals surface area contributed by atoms with Crippen molar-refractivity contribution in [1.29, 1.82) is 0 Å². The van der Waals surface area contributed by atoms with Crippen LogP contribution in [0.2, 0.25) is 0 Å². The van der Waals surface area contributed by atoms with Crippen molar-refractivity contribution in [1.82, 2.24) is 9.55 Å². The quantitative estimate of drug-likeness (QED) is 0.498. The fourth-order valence-corrected chi connectivity index (χ4v) is 4.52. The lowest BCUT2D eigenvalue weighted by atomic mass is 9.92. The van der Waals surface area contributed by atoms with Crippen LogP contribution < -0.4 is 5.32 Å². The van der Waals surface area contributed by atoms with Crippen molar-refractivity contribution in [3.05, 3.63) is 71.6 Å². The summed E-state index contributed by atoms with van der Waals surface area (Å²) in [6, 6.07) is 15.9. The Labute approximate surface area is 161 Å². The Morgan fingerprint density at radius 3 is 2.46 bits per heavy atom. The van der Waals surface area contributed by atoms with Crippen molar-refractivity contribution in [2.45, 2.75) is 11.8 Å². The molecule has 5 rings (SSSR count). The van der Waals surface area contributed by atoms with Gasteiger partial charge in [0.15, 0.2) is 5.82 Å². The van der Waals surface area contributed by atoms with Gasteiger partial charge < -0.3 is 5.32 Å². The van der Waals surface area contributed by atoms with Crippen LogP contribution in [0, 0.1) is 0 Å². The Morgan fingerprint density at radius 2 is 1.71 bits per heavy atom. The number of hydrogen-bond acceptors (Lipinski definition) is 4. The van der Waals surface area contributed by atoms with Gasteiger partial charge in [-0.1, -0.05) is 30.3 Å². The molecule has 8 heteroatoms. The highest BCUT2D eigenvalue weighted by Gasteiger charge is 2.65. The first-order chi connectivity index (χ1) is 13.4. The Morgan fingerprint density at radius 1 is 1.00 bits per heavy atom. The molecule has 0 fully saturated rings. The minimum absolute atomic E-state index is 0.0218. The van der Waals surface area contributed by atoms with Crippen LogP contribution >= 0.6 is 11.3 Å². The molecule has 1 aliphatic rings. The van der Waals surface area contributed by atoms with E-state index in [1.54, 1.807) is 47.8 Å². The van der Waals surface area contributed by atoms with Gasteiger partial charge in [0.1, 0.15) is 0 Å². The van der Waals surface area contributed by atoms with Crippen LogP contribution in [0.1, 0.15) is 10.4 Å². The molecule has 0 amide bonds. The van der Waals surface area contributed by atoms with Gasteiger partial charge in [0.05, 0.1) is 15.9 Å². The number of Topliss-reactive ketones (excluding diaryl/α,β-unsaturated/α-hetero) is 1. The fraction of sp³-hybridized carbons (Fsp3) is 0.100. The second-order valence-electron chi connectivity index (χ2n) is 6.45. The summed E-state index contributed by atoms with van der Waals surface area (Å²) in [7, 11) is 0. The van der Waals surface area contributed by atoms with E-state index >= 15 is 0 Å². The van der Waals surface area contributed by atoms with Crippen LogP contribution in [-0.2, 0) is 5.66 Å². The number of rotatable bonds is 2. The SMILES string of the molecule is O=C1c2ccsc2-c2nc3ccccc3n2C1(Nc1ccccc1)C(F)(F)F. The van der Waals surface area contributed by atoms with Gasteiger partial charge in [0, 0.05) is 11.3 Å². The molecular formula is C20H12F3N3OS. The van der Waals surface area contributed by atoms with Gasteiger partial charge in [-0.25, -0.2) is 4.98 Å². The largest absolute Gasteiger partial charge is 0.438 e. The first kappa shape index (κ1) is 17.0. The van der Waals surface area contributed by atoms with Crippen LogP contribution in [-0.4, -0.2) is 21.5 Å². The van der Waals surface area contributed by atoms with Crippen molar-refractivity contribution in [3.8, 4) is 10.7 Å². The Balaban J connectivity index is 1.91. The average Bonchev–Trinajstić information content (AvgIpc) is 3.30. The third-order valence-corrected chi connectivity index (χ3v) is 5.76. The third kappa shape index (κ3) is 2.12. The number of benzene rings is 2. The highest BCUT2D eigenvalue weighted by Crippen LogP contribution is 2.50. The van der Waals surface area contributed by atoms with E-state index < -0.39 is 17.6 Å². The molecule has 4 aromatic rings. The monoisotopic (exact) mass is 399 g/mol. The third-order valence-electron chi connectivity index (χ3n) is 4.85. The van der Waals surface area contributed by atoms with Gasteiger partial charge >= 0.3 is 6.18 Å². The van der Waals surface area contributed by atoms with E-state index in [1.807, 2.05) is 0 Å². The van der Waals surface area contributed by atoms with E-state index in [2.05, 4.69) is 10.3 Å². The van der Waals surface area contributed by atoms with Crippen molar-refractivity contribution in [2.75, 3.05) is 5.32 Å². The predicted molar refractivity (Wildman–Crippen MR) is 101 cm³/mol. The standard InChI is InChI=1S/C20H12F3N3OS/c21-20(22,23)19(25-12-6-2-1-3-7-12)17(27)13-10-11-28-16(13)18-24-14-8-4-5-9-15(14)26(18)19/h1-11,25H. The molecule has 0 spiro atoms. The zero-order chi connectivity index (χ0) is 19.5. The van der Waals surface area contributed by atoms with E-state index in [0.717, 1.165) is 4.57 Å². The molecule has 0 saturated carbocycles. The summed E-state index contributed by atoms with van der Waals surface area (Å²) in [5.74, 6) is -0.915. The van der Waals surface area contributed by atoms with E-state index in [0.29, 0.717) is 10.4 Å². The molecule has 2 aromatic carbocycles. The number of anilines is 1. The molecule has 1 atom stereocenters. The minimum Gasteiger partial charge on any atom is -0.348 e. The molecule has 2 aromatic heterocycles. The maximum absolute atomic E-state index is 14.7. The number of thiophene rings is 1. The van der Waals surface area contributed by atoms with E-state index in [1.165, 1.54) is 29.5 Å². The Hall–Kier alpha value is -3.13. The first-order valence-electron chi connectivity index (χ1n) is 8.44. The number of nitrogens with one attached hydrogen (secondary N) is 1. The summed E-state index contributed by atoms with van der Waals surface area (Å²) in [5.41, 5.74) is -2.14. The van der Waals surface area contributed by atoms with Crippen LogP contribution in [0.25, 0.3) is 21.7 Å². The molecule has 0 aliphatic carbocycles. The van der Waals surface area contributed by atoms with Crippen molar-refractivity contribution in [2.24, 2.45) is 0 Å². The average molecular weight is 399 g/mol. The summed E-state index contributed by atoms with van der Waals surface area (Å²) in [4.78, 5) is 18.2. The molecule has 1 unspecified atom stereocenters. The van der Waals surface area contributed by atoms with Crippen molar-refractivity contribution in [3.63, 3.8) is 0 Å².